The molecule has 0 unspecified atom stereocenters. The Balaban J connectivity index is 2.85. The van der Waals surface area contributed by atoms with Crippen LogP contribution in [0.5, 0.6) is 0 Å². The van der Waals surface area contributed by atoms with Gasteiger partial charge in [0.2, 0.25) is 0 Å². The Labute approximate surface area is 93.5 Å². The van der Waals surface area contributed by atoms with E-state index in [1.165, 1.54) is 0 Å². The summed E-state index contributed by atoms with van der Waals surface area (Å²) in [4.78, 5) is 11.5. The van der Waals surface area contributed by atoms with Crippen molar-refractivity contribution in [3.63, 3.8) is 0 Å². The van der Waals surface area contributed by atoms with Crippen molar-refractivity contribution in [3.8, 4) is 0 Å². The smallest absolute Gasteiger partial charge is 0.360 e. The van der Waals surface area contributed by atoms with Gasteiger partial charge in [0.1, 0.15) is 0 Å². The number of nitrogens with two attached hydrogens (primary N) is 1. The second kappa shape index (κ2) is 6.19. The summed E-state index contributed by atoms with van der Waals surface area (Å²) in [5.74, 6) is -0.494. The van der Waals surface area contributed by atoms with E-state index in [9.17, 15) is 4.79 Å². The summed E-state index contributed by atoms with van der Waals surface area (Å²) in [7, 11) is 1.59. The van der Waals surface area contributed by atoms with Crippen LogP contribution in [-0.2, 0) is 22.6 Å². The topological polar surface area (TPSA) is 92.3 Å². The van der Waals surface area contributed by atoms with E-state index in [0.29, 0.717) is 25.5 Å². The zero-order valence-electron chi connectivity index (χ0n) is 9.47. The minimum Gasteiger partial charge on any atom is -0.461 e. The fourth-order valence-corrected chi connectivity index (χ4v) is 1.25. The van der Waals surface area contributed by atoms with E-state index in [-0.39, 0.29) is 12.2 Å². The molecule has 0 saturated heterocycles. The second-order valence-corrected chi connectivity index (χ2v) is 3.03. The number of ether oxygens (including phenoxy) is 2. The molecular formula is C9H16N4O3. The molecule has 0 aliphatic carbocycles. The summed E-state index contributed by atoms with van der Waals surface area (Å²) < 4.78 is 11.3. The van der Waals surface area contributed by atoms with E-state index in [1.54, 1.807) is 18.7 Å². The predicted octanol–water partition coefficient (Wildman–Crippen LogP) is -0.440. The van der Waals surface area contributed by atoms with Crippen LogP contribution in [0, 0.1) is 0 Å². The Kier molecular flexibility index (Phi) is 4.87. The first-order valence-corrected chi connectivity index (χ1v) is 5.03. The third-order valence-corrected chi connectivity index (χ3v) is 2.01. The number of aromatic nitrogens is 3. The number of hydrogen-bond acceptors (Lipinski definition) is 6. The highest BCUT2D eigenvalue weighted by atomic mass is 16.5. The molecule has 0 radical (unpaired) electrons. The van der Waals surface area contributed by atoms with Gasteiger partial charge in [-0.15, -0.1) is 5.10 Å². The molecule has 1 aromatic heterocycles. The lowest BCUT2D eigenvalue weighted by Gasteiger charge is -2.04. The molecule has 1 aromatic rings. The normalized spacial score (nSPS) is 10.4. The molecule has 0 atom stereocenters. The lowest BCUT2D eigenvalue weighted by molar-refractivity contribution is 0.0518. The fraction of sp³-hybridized carbons (Fsp3) is 0.667. The molecule has 7 heteroatoms. The van der Waals surface area contributed by atoms with E-state index in [2.05, 4.69) is 10.3 Å². The average Bonchev–Trinajstić information content (AvgIpc) is 2.69. The lowest BCUT2D eigenvalue weighted by atomic mass is 10.3. The molecule has 0 amide bonds. The third kappa shape index (κ3) is 2.77. The first kappa shape index (κ1) is 12.6. The number of esters is 1. The van der Waals surface area contributed by atoms with Crippen LogP contribution in [0.1, 0.15) is 23.1 Å². The molecular weight excluding hydrogens is 212 g/mol. The molecule has 1 heterocycles. The van der Waals surface area contributed by atoms with Gasteiger partial charge in [0.05, 0.1) is 25.5 Å². The van der Waals surface area contributed by atoms with Gasteiger partial charge >= 0.3 is 5.97 Å². The van der Waals surface area contributed by atoms with Crippen LogP contribution in [0.2, 0.25) is 0 Å². The number of hydrogen-bond donors (Lipinski definition) is 1. The van der Waals surface area contributed by atoms with Crippen LogP contribution in [0.25, 0.3) is 0 Å². The van der Waals surface area contributed by atoms with Gasteiger partial charge in [-0.1, -0.05) is 5.21 Å². The van der Waals surface area contributed by atoms with Crippen LogP contribution in [0.4, 0.5) is 0 Å². The summed E-state index contributed by atoms with van der Waals surface area (Å²) in [6.45, 7) is 3.21. The largest absolute Gasteiger partial charge is 0.461 e. The van der Waals surface area contributed by atoms with Crippen molar-refractivity contribution in [2.45, 2.75) is 20.0 Å². The molecule has 0 bridgehead atoms. The van der Waals surface area contributed by atoms with Gasteiger partial charge in [-0.2, -0.15) is 0 Å². The molecule has 0 fully saturated rings. The number of nitrogens with zero attached hydrogens (tertiary/aromatic N) is 3. The molecule has 0 aromatic carbocycles. The Morgan fingerprint density at radius 1 is 1.56 bits per heavy atom. The van der Waals surface area contributed by atoms with Crippen LogP contribution in [-0.4, -0.2) is 41.3 Å². The summed E-state index contributed by atoms with van der Waals surface area (Å²) in [6.07, 6.45) is 0. The number of rotatable bonds is 6. The average molecular weight is 228 g/mol. The quantitative estimate of drug-likeness (QED) is 0.663. The molecule has 7 nitrogen and oxygen atoms in total. The van der Waals surface area contributed by atoms with E-state index in [0.717, 1.165) is 0 Å². The Bertz CT molecular complexity index is 351. The maximum atomic E-state index is 11.5. The predicted molar refractivity (Wildman–Crippen MR) is 55.7 cm³/mol. The molecule has 1 rings (SSSR count). The first-order valence-electron chi connectivity index (χ1n) is 5.03. The van der Waals surface area contributed by atoms with Gasteiger partial charge < -0.3 is 15.2 Å². The minimum atomic E-state index is -0.494. The monoisotopic (exact) mass is 228 g/mol. The highest BCUT2D eigenvalue weighted by Gasteiger charge is 2.19. The van der Waals surface area contributed by atoms with Gasteiger partial charge in [0.25, 0.3) is 0 Å². The lowest BCUT2D eigenvalue weighted by Crippen LogP contribution is -2.15. The third-order valence-electron chi connectivity index (χ3n) is 2.01. The van der Waals surface area contributed by atoms with Gasteiger partial charge in [-0.25, -0.2) is 9.48 Å². The number of carbonyl (C=O) groups is 1. The second-order valence-electron chi connectivity index (χ2n) is 3.03. The molecule has 90 valence electrons. The molecule has 0 aliphatic heterocycles. The van der Waals surface area contributed by atoms with E-state index >= 15 is 0 Å². The summed E-state index contributed by atoms with van der Waals surface area (Å²) in [5.41, 5.74) is 6.30. The number of methoxy groups -OCH3 is 1. The summed E-state index contributed by atoms with van der Waals surface area (Å²) in [6, 6.07) is 0. The van der Waals surface area contributed by atoms with E-state index in [4.69, 9.17) is 15.2 Å². The van der Waals surface area contributed by atoms with Gasteiger partial charge in [-0.05, 0) is 6.92 Å². The standard InChI is InChI=1S/C9H16N4O3/c1-3-16-9(14)8-7(6-10)13(12-11-8)4-5-15-2/h3-6,10H2,1-2H3. The fourth-order valence-electron chi connectivity index (χ4n) is 1.25. The molecule has 2 N–H and O–H groups in total. The van der Waals surface area contributed by atoms with Crippen molar-refractivity contribution in [1.82, 2.24) is 15.0 Å². The minimum absolute atomic E-state index is 0.181. The summed E-state index contributed by atoms with van der Waals surface area (Å²) >= 11 is 0. The van der Waals surface area contributed by atoms with Crippen LogP contribution >= 0.6 is 0 Å². The van der Waals surface area contributed by atoms with Crippen LogP contribution in [0.15, 0.2) is 0 Å². The molecule has 0 spiro atoms. The molecule has 16 heavy (non-hydrogen) atoms. The van der Waals surface area contributed by atoms with Crippen molar-refractivity contribution >= 4 is 5.97 Å². The maximum absolute atomic E-state index is 11.5. The van der Waals surface area contributed by atoms with Crippen molar-refractivity contribution in [2.75, 3.05) is 20.3 Å². The highest BCUT2D eigenvalue weighted by molar-refractivity contribution is 5.88. The Morgan fingerprint density at radius 3 is 2.88 bits per heavy atom. The molecule has 0 saturated carbocycles. The van der Waals surface area contributed by atoms with Crippen LogP contribution < -0.4 is 5.73 Å². The number of carbonyl (C=O) groups excluding carboxylic acids is 1. The van der Waals surface area contributed by atoms with Crippen molar-refractivity contribution in [3.05, 3.63) is 11.4 Å². The van der Waals surface area contributed by atoms with Gasteiger partial charge in [0, 0.05) is 13.7 Å². The van der Waals surface area contributed by atoms with Crippen molar-refractivity contribution < 1.29 is 14.3 Å². The zero-order chi connectivity index (χ0) is 12.0. The van der Waals surface area contributed by atoms with Crippen molar-refractivity contribution in [1.29, 1.82) is 0 Å². The van der Waals surface area contributed by atoms with Gasteiger partial charge in [0.15, 0.2) is 5.69 Å². The Morgan fingerprint density at radius 2 is 2.31 bits per heavy atom. The Hall–Kier alpha value is -1.47. The van der Waals surface area contributed by atoms with Crippen LogP contribution in [0.3, 0.4) is 0 Å². The maximum Gasteiger partial charge on any atom is 0.360 e. The zero-order valence-corrected chi connectivity index (χ0v) is 9.47. The van der Waals surface area contributed by atoms with E-state index < -0.39 is 5.97 Å². The van der Waals surface area contributed by atoms with Crippen molar-refractivity contribution in [2.24, 2.45) is 5.73 Å². The SMILES string of the molecule is CCOC(=O)c1nnn(CCOC)c1CN. The first-order chi connectivity index (χ1) is 7.74. The molecule has 0 aliphatic rings. The van der Waals surface area contributed by atoms with Gasteiger partial charge in [-0.3, -0.25) is 0 Å². The summed E-state index contributed by atoms with van der Waals surface area (Å²) in [5, 5.41) is 7.59. The van der Waals surface area contributed by atoms with E-state index in [1.807, 2.05) is 0 Å². The highest BCUT2D eigenvalue weighted by Crippen LogP contribution is 2.06.